The minimum atomic E-state index is -0.0745. The average molecular weight is 417 g/mol. The number of nitrogens with zero attached hydrogens (tertiary/aromatic N) is 5. The van der Waals surface area contributed by atoms with Gasteiger partial charge in [-0.05, 0) is 43.2 Å². The van der Waals surface area contributed by atoms with Crippen molar-refractivity contribution in [2.75, 3.05) is 6.79 Å². The van der Waals surface area contributed by atoms with Gasteiger partial charge in [0.25, 0.3) is 5.89 Å². The summed E-state index contributed by atoms with van der Waals surface area (Å²) in [7, 11) is 0. The highest BCUT2D eigenvalue weighted by atomic mass is 16.7. The van der Waals surface area contributed by atoms with E-state index in [4.69, 9.17) is 18.7 Å². The number of rotatable bonds is 3. The molecule has 0 N–H and O–H groups in total. The van der Waals surface area contributed by atoms with Crippen LogP contribution in [0.4, 0.5) is 0 Å². The Hall–Kier alpha value is -3.72. The van der Waals surface area contributed by atoms with Crippen LogP contribution < -0.4 is 9.47 Å². The first-order valence-electron chi connectivity index (χ1n) is 10.0. The van der Waals surface area contributed by atoms with E-state index < -0.39 is 0 Å². The Bertz CT molecular complexity index is 1300. The summed E-state index contributed by atoms with van der Waals surface area (Å²) in [4.78, 5) is 4.51. The maximum atomic E-state index is 6.15. The maximum Gasteiger partial charge on any atom is 0.280 e. The summed E-state index contributed by atoms with van der Waals surface area (Å²) < 4.78 is 24.3. The van der Waals surface area contributed by atoms with Gasteiger partial charge in [-0.25, -0.2) is 4.68 Å². The molecule has 4 heterocycles. The van der Waals surface area contributed by atoms with Gasteiger partial charge in [0, 0.05) is 5.56 Å². The maximum absolute atomic E-state index is 6.15. The fourth-order valence-corrected chi connectivity index (χ4v) is 4.03. The van der Waals surface area contributed by atoms with Crippen LogP contribution in [0.2, 0.25) is 0 Å². The quantitative estimate of drug-likeness (QED) is 0.499. The molecule has 0 aliphatic carbocycles. The van der Waals surface area contributed by atoms with Crippen LogP contribution >= 0.6 is 0 Å². The number of aryl methyl sites for hydroxylation is 2. The fourth-order valence-electron chi connectivity index (χ4n) is 4.03. The Kier molecular flexibility index (Phi) is 4.03. The molecular weight excluding hydrogens is 398 g/mol. The van der Waals surface area contributed by atoms with E-state index in [0.29, 0.717) is 42.1 Å². The molecule has 2 aliphatic rings. The Morgan fingerprint density at radius 2 is 1.94 bits per heavy atom. The number of fused-ring (bicyclic) bond motifs is 2. The standard InChI is InChI=1S/C22H19N5O4/c1-12-3-5-15(13(2)7-12)19-9-27-16(10-28-19)20(24-26-27)22-23-21(25-31-22)14-4-6-17-18(8-14)30-11-29-17/h3-8,19H,9-11H2,1-2H3. The second-order valence-electron chi connectivity index (χ2n) is 7.72. The summed E-state index contributed by atoms with van der Waals surface area (Å²) in [6, 6.07) is 11.9. The lowest BCUT2D eigenvalue weighted by Crippen LogP contribution is -2.22. The van der Waals surface area contributed by atoms with Crippen molar-refractivity contribution in [1.29, 1.82) is 0 Å². The van der Waals surface area contributed by atoms with Crippen LogP contribution in [0.1, 0.15) is 28.5 Å². The van der Waals surface area contributed by atoms with E-state index in [9.17, 15) is 0 Å². The summed E-state index contributed by atoms with van der Waals surface area (Å²) in [5, 5.41) is 12.7. The molecule has 6 rings (SSSR count). The third-order valence-electron chi connectivity index (χ3n) is 5.63. The van der Waals surface area contributed by atoms with Crippen LogP contribution in [0.5, 0.6) is 11.5 Å². The summed E-state index contributed by atoms with van der Waals surface area (Å²) in [5.41, 5.74) is 5.73. The van der Waals surface area contributed by atoms with Crippen LogP contribution in [0.25, 0.3) is 23.0 Å². The monoisotopic (exact) mass is 417 g/mol. The number of hydrogen-bond donors (Lipinski definition) is 0. The van der Waals surface area contributed by atoms with Crippen molar-refractivity contribution in [2.24, 2.45) is 0 Å². The number of benzene rings is 2. The molecule has 0 spiro atoms. The van der Waals surface area contributed by atoms with Crippen LogP contribution in [-0.4, -0.2) is 31.9 Å². The lowest BCUT2D eigenvalue weighted by molar-refractivity contribution is -0.00153. The van der Waals surface area contributed by atoms with Crippen molar-refractivity contribution in [3.63, 3.8) is 0 Å². The van der Waals surface area contributed by atoms with E-state index in [1.165, 1.54) is 11.1 Å². The van der Waals surface area contributed by atoms with Gasteiger partial charge < -0.3 is 18.7 Å². The normalized spacial score (nSPS) is 17.0. The van der Waals surface area contributed by atoms with Crippen LogP contribution in [0.3, 0.4) is 0 Å². The second kappa shape index (κ2) is 6.92. The lowest BCUT2D eigenvalue weighted by atomic mass is 10.0. The Morgan fingerprint density at radius 1 is 1.03 bits per heavy atom. The van der Waals surface area contributed by atoms with Gasteiger partial charge in [0.15, 0.2) is 17.2 Å². The van der Waals surface area contributed by atoms with Gasteiger partial charge in [-0.2, -0.15) is 4.98 Å². The van der Waals surface area contributed by atoms with Gasteiger partial charge in [0.2, 0.25) is 12.6 Å². The highest BCUT2D eigenvalue weighted by Gasteiger charge is 2.29. The molecule has 0 amide bonds. The molecule has 1 atom stereocenters. The van der Waals surface area contributed by atoms with E-state index in [0.717, 1.165) is 16.8 Å². The van der Waals surface area contributed by atoms with Crippen molar-refractivity contribution in [3.8, 4) is 34.5 Å². The van der Waals surface area contributed by atoms with E-state index in [2.05, 4.69) is 52.5 Å². The average Bonchev–Trinajstić information content (AvgIpc) is 3.51. The molecule has 0 saturated carbocycles. The molecule has 0 radical (unpaired) electrons. The zero-order chi connectivity index (χ0) is 20.9. The first-order chi connectivity index (χ1) is 15.2. The molecule has 0 saturated heterocycles. The molecule has 156 valence electrons. The smallest absolute Gasteiger partial charge is 0.280 e. The fraction of sp³-hybridized carbons (Fsp3) is 0.273. The molecule has 4 aromatic rings. The van der Waals surface area contributed by atoms with Crippen LogP contribution in [0, 0.1) is 13.8 Å². The highest BCUT2D eigenvalue weighted by Crippen LogP contribution is 2.36. The molecule has 9 heteroatoms. The van der Waals surface area contributed by atoms with E-state index in [-0.39, 0.29) is 12.9 Å². The predicted molar refractivity (Wildman–Crippen MR) is 108 cm³/mol. The van der Waals surface area contributed by atoms with Crippen molar-refractivity contribution in [2.45, 2.75) is 33.1 Å². The molecule has 9 nitrogen and oxygen atoms in total. The molecule has 2 aliphatic heterocycles. The number of ether oxygens (including phenoxy) is 3. The molecule has 31 heavy (non-hydrogen) atoms. The van der Waals surface area contributed by atoms with Crippen LogP contribution in [-0.2, 0) is 17.9 Å². The van der Waals surface area contributed by atoms with Crippen LogP contribution in [0.15, 0.2) is 40.9 Å². The molecule has 1 unspecified atom stereocenters. The van der Waals surface area contributed by atoms with Crippen molar-refractivity contribution < 1.29 is 18.7 Å². The summed E-state index contributed by atoms with van der Waals surface area (Å²) in [6.07, 6.45) is -0.0745. The van der Waals surface area contributed by atoms with Gasteiger partial charge in [0.05, 0.1) is 18.8 Å². The van der Waals surface area contributed by atoms with Gasteiger partial charge in [0.1, 0.15) is 6.10 Å². The first-order valence-corrected chi connectivity index (χ1v) is 10.0. The highest BCUT2D eigenvalue weighted by molar-refractivity contribution is 5.63. The third-order valence-corrected chi connectivity index (χ3v) is 5.63. The predicted octanol–water partition coefficient (Wildman–Crippen LogP) is 3.61. The van der Waals surface area contributed by atoms with E-state index in [1.54, 1.807) is 0 Å². The zero-order valence-corrected chi connectivity index (χ0v) is 17.0. The first kappa shape index (κ1) is 18.1. The van der Waals surface area contributed by atoms with E-state index >= 15 is 0 Å². The molecule has 0 fully saturated rings. The van der Waals surface area contributed by atoms with E-state index in [1.807, 2.05) is 22.9 Å². The van der Waals surface area contributed by atoms with Crippen molar-refractivity contribution in [1.82, 2.24) is 25.1 Å². The van der Waals surface area contributed by atoms with Gasteiger partial charge in [-0.1, -0.05) is 34.1 Å². The topological polar surface area (TPSA) is 97.3 Å². The Morgan fingerprint density at radius 3 is 2.84 bits per heavy atom. The Labute approximate surface area is 177 Å². The molecule has 0 bridgehead atoms. The SMILES string of the molecule is Cc1ccc(C2Cn3nnc(-c4nc(-c5ccc6c(c5)OCO6)no4)c3CO2)c(C)c1. The summed E-state index contributed by atoms with van der Waals surface area (Å²) >= 11 is 0. The van der Waals surface area contributed by atoms with Gasteiger partial charge in [-0.15, -0.1) is 5.10 Å². The third kappa shape index (κ3) is 3.05. The van der Waals surface area contributed by atoms with Gasteiger partial charge in [-0.3, -0.25) is 0 Å². The van der Waals surface area contributed by atoms with Gasteiger partial charge >= 0.3 is 0 Å². The number of aromatic nitrogens is 5. The number of hydrogen-bond acceptors (Lipinski definition) is 8. The largest absolute Gasteiger partial charge is 0.454 e. The summed E-state index contributed by atoms with van der Waals surface area (Å²) in [6.45, 7) is 5.34. The minimum Gasteiger partial charge on any atom is -0.454 e. The minimum absolute atomic E-state index is 0.0745. The summed E-state index contributed by atoms with van der Waals surface area (Å²) in [5.74, 6) is 2.12. The van der Waals surface area contributed by atoms with Crippen molar-refractivity contribution >= 4 is 0 Å². The Balaban J connectivity index is 1.27. The zero-order valence-electron chi connectivity index (χ0n) is 17.0. The van der Waals surface area contributed by atoms with Crippen molar-refractivity contribution in [3.05, 3.63) is 58.8 Å². The second-order valence-corrected chi connectivity index (χ2v) is 7.72. The molecule has 2 aromatic heterocycles. The molecular formula is C22H19N5O4. The molecule has 2 aromatic carbocycles. The lowest BCUT2D eigenvalue weighted by Gasteiger charge is -2.25.